The van der Waals surface area contributed by atoms with Crippen molar-refractivity contribution in [2.24, 2.45) is 17.8 Å². The van der Waals surface area contributed by atoms with Crippen LogP contribution in [0.2, 0.25) is 0 Å². The Hall–Kier alpha value is -1.89. The van der Waals surface area contributed by atoms with E-state index in [0.717, 1.165) is 25.2 Å². The first kappa shape index (κ1) is 17.9. The lowest BCUT2D eigenvalue weighted by atomic mass is 9.91. The monoisotopic (exact) mass is 348 g/mol. The van der Waals surface area contributed by atoms with Crippen molar-refractivity contribution in [2.75, 3.05) is 38.7 Å². The minimum Gasteiger partial charge on any atom is -0.481 e. The first-order valence-electron chi connectivity index (χ1n) is 9.07. The summed E-state index contributed by atoms with van der Waals surface area (Å²) in [5, 5.41) is 3.49. The molecule has 0 spiro atoms. The maximum atomic E-state index is 12.9. The van der Waals surface area contributed by atoms with Gasteiger partial charge >= 0.3 is 0 Å². The number of amides is 1. The number of hydrogen-bond acceptors (Lipinski definition) is 6. The first-order valence-corrected chi connectivity index (χ1v) is 9.07. The molecule has 0 saturated carbocycles. The van der Waals surface area contributed by atoms with Crippen LogP contribution in [0.1, 0.15) is 26.7 Å². The number of carbonyl (C=O) groups excluding carboxylic acids is 1. The summed E-state index contributed by atoms with van der Waals surface area (Å²) in [6.07, 6.45) is 3.16. The lowest BCUT2D eigenvalue weighted by Crippen LogP contribution is -2.38. The van der Waals surface area contributed by atoms with Gasteiger partial charge in [0, 0.05) is 50.2 Å². The number of aromatic nitrogens is 2. The molecule has 7 nitrogen and oxygen atoms in total. The molecule has 2 aliphatic heterocycles. The van der Waals surface area contributed by atoms with E-state index in [1.807, 2.05) is 4.90 Å². The van der Waals surface area contributed by atoms with E-state index < -0.39 is 0 Å². The molecule has 2 atom stereocenters. The molecule has 1 amide bonds. The molecule has 2 fully saturated rings. The van der Waals surface area contributed by atoms with Crippen molar-refractivity contribution < 1.29 is 14.3 Å². The number of hydrogen-bond donors (Lipinski definition) is 1. The molecule has 7 heteroatoms. The van der Waals surface area contributed by atoms with E-state index in [0.29, 0.717) is 37.5 Å². The fourth-order valence-electron chi connectivity index (χ4n) is 3.76. The fraction of sp³-hybridized carbons (Fsp3) is 0.722. The predicted molar refractivity (Wildman–Crippen MR) is 94.4 cm³/mol. The molecule has 0 bridgehead atoms. The van der Waals surface area contributed by atoms with Crippen molar-refractivity contribution in [1.29, 1.82) is 0 Å². The van der Waals surface area contributed by atoms with Crippen LogP contribution in [0.15, 0.2) is 12.4 Å². The number of rotatable bonds is 5. The third-order valence-electron chi connectivity index (χ3n) is 5.29. The average molecular weight is 348 g/mol. The Balaban J connectivity index is 1.68. The van der Waals surface area contributed by atoms with Crippen molar-refractivity contribution in [3.05, 3.63) is 12.4 Å². The van der Waals surface area contributed by atoms with Crippen molar-refractivity contribution in [1.82, 2.24) is 14.9 Å². The van der Waals surface area contributed by atoms with Crippen LogP contribution < -0.4 is 10.1 Å². The second-order valence-corrected chi connectivity index (χ2v) is 7.23. The zero-order valence-electron chi connectivity index (χ0n) is 15.3. The number of nitrogens with zero attached hydrogens (tertiary/aromatic N) is 3. The van der Waals surface area contributed by atoms with E-state index in [1.54, 1.807) is 13.2 Å². The zero-order valence-corrected chi connectivity index (χ0v) is 15.3. The zero-order chi connectivity index (χ0) is 17.8. The predicted octanol–water partition coefficient (Wildman–Crippen LogP) is 1.81. The van der Waals surface area contributed by atoms with Gasteiger partial charge in [0.25, 0.3) is 0 Å². The van der Waals surface area contributed by atoms with E-state index in [4.69, 9.17) is 9.47 Å². The van der Waals surface area contributed by atoms with Gasteiger partial charge < -0.3 is 19.7 Å². The Morgan fingerprint density at radius 2 is 2.08 bits per heavy atom. The van der Waals surface area contributed by atoms with Crippen LogP contribution in [0.4, 0.5) is 5.82 Å². The minimum atomic E-state index is 0.111. The Kier molecular flexibility index (Phi) is 5.73. The molecule has 0 unspecified atom stereocenters. The molecular formula is C18H28N4O3. The third-order valence-corrected chi connectivity index (χ3v) is 5.29. The molecule has 0 aliphatic carbocycles. The summed E-state index contributed by atoms with van der Waals surface area (Å²) < 4.78 is 10.5. The minimum absolute atomic E-state index is 0.111. The summed E-state index contributed by atoms with van der Waals surface area (Å²) in [6, 6.07) is 1.98. The summed E-state index contributed by atoms with van der Waals surface area (Å²) in [6.45, 7) is 7.32. The van der Waals surface area contributed by atoms with Crippen molar-refractivity contribution in [3.63, 3.8) is 0 Å². The highest BCUT2D eigenvalue weighted by molar-refractivity contribution is 5.79. The van der Waals surface area contributed by atoms with Crippen LogP contribution in [0.5, 0.6) is 5.88 Å². The molecule has 3 rings (SSSR count). The molecule has 0 radical (unpaired) electrons. The lowest BCUT2D eigenvalue weighted by Gasteiger charge is -2.26. The average Bonchev–Trinajstić information content (AvgIpc) is 3.06. The van der Waals surface area contributed by atoms with Gasteiger partial charge in [0.1, 0.15) is 12.1 Å². The topological polar surface area (TPSA) is 76.6 Å². The second kappa shape index (κ2) is 7.99. The highest BCUT2D eigenvalue weighted by Gasteiger charge is 2.39. The van der Waals surface area contributed by atoms with Crippen LogP contribution in [0.3, 0.4) is 0 Å². The molecule has 138 valence electrons. The quantitative estimate of drug-likeness (QED) is 0.874. The third kappa shape index (κ3) is 4.21. The van der Waals surface area contributed by atoms with Crippen LogP contribution in [-0.2, 0) is 9.53 Å². The number of nitrogens with one attached hydrogen (secondary N) is 1. The van der Waals surface area contributed by atoms with Crippen molar-refractivity contribution in [3.8, 4) is 5.88 Å². The van der Waals surface area contributed by atoms with E-state index in [1.165, 1.54) is 6.33 Å². The standard InChI is InChI=1S/C18H28N4O3/c1-12(2)14-9-22(18(23)13-4-6-25-7-5-13)10-15(14)21-16-8-17(24-3)20-11-19-16/h8,11-15H,4-7,9-10H2,1-3H3,(H,19,20,21)/t14-,15+/m1/s1. The summed E-state index contributed by atoms with van der Waals surface area (Å²) >= 11 is 0. The number of anilines is 1. The molecular weight excluding hydrogens is 320 g/mol. The summed E-state index contributed by atoms with van der Waals surface area (Å²) in [7, 11) is 1.59. The van der Waals surface area contributed by atoms with Gasteiger partial charge in [0.05, 0.1) is 7.11 Å². The highest BCUT2D eigenvalue weighted by Crippen LogP contribution is 2.29. The molecule has 3 heterocycles. The molecule has 1 aromatic rings. The van der Waals surface area contributed by atoms with Crippen LogP contribution >= 0.6 is 0 Å². The number of carbonyl (C=O) groups is 1. The molecule has 25 heavy (non-hydrogen) atoms. The molecule has 1 N–H and O–H groups in total. The van der Waals surface area contributed by atoms with Gasteiger partial charge in [-0.3, -0.25) is 4.79 Å². The van der Waals surface area contributed by atoms with Gasteiger partial charge in [-0.1, -0.05) is 13.8 Å². The Morgan fingerprint density at radius 1 is 1.32 bits per heavy atom. The van der Waals surface area contributed by atoms with E-state index in [2.05, 4.69) is 29.1 Å². The Morgan fingerprint density at radius 3 is 2.76 bits per heavy atom. The molecule has 0 aromatic carbocycles. The maximum Gasteiger partial charge on any atom is 0.225 e. The Bertz CT molecular complexity index is 589. The fourth-order valence-corrected chi connectivity index (χ4v) is 3.76. The number of likely N-dealkylation sites (tertiary alicyclic amines) is 1. The van der Waals surface area contributed by atoms with E-state index in [-0.39, 0.29) is 17.9 Å². The van der Waals surface area contributed by atoms with Crippen molar-refractivity contribution in [2.45, 2.75) is 32.7 Å². The molecule has 2 aliphatic rings. The van der Waals surface area contributed by atoms with Crippen molar-refractivity contribution >= 4 is 11.7 Å². The van der Waals surface area contributed by atoms with Gasteiger partial charge in [-0.05, 0) is 18.8 Å². The Labute approximate surface area is 149 Å². The maximum absolute atomic E-state index is 12.9. The van der Waals surface area contributed by atoms with Crippen LogP contribution in [0.25, 0.3) is 0 Å². The number of ether oxygens (including phenoxy) is 2. The van der Waals surface area contributed by atoms with E-state index >= 15 is 0 Å². The normalized spacial score (nSPS) is 24.6. The largest absolute Gasteiger partial charge is 0.481 e. The SMILES string of the molecule is COc1cc(N[C@H]2CN(C(=O)C3CCOCC3)C[C@@H]2C(C)C)ncn1. The summed E-state index contributed by atoms with van der Waals surface area (Å²) in [4.78, 5) is 23.2. The molecule has 2 saturated heterocycles. The van der Waals surface area contributed by atoms with Gasteiger partial charge in [-0.2, -0.15) is 0 Å². The smallest absolute Gasteiger partial charge is 0.225 e. The van der Waals surface area contributed by atoms with Crippen LogP contribution in [0, 0.1) is 17.8 Å². The van der Waals surface area contributed by atoms with Gasteiger partial charge in [0.15, 0.2) is 0 Å². The lowest BCUT2D eigenvalue weighted by molar-refractivity contribution is -0.137. The van der Waals surface area contributed by atoms with Crippen LogP contribution in [-0.4, -0.2) is 60.2 Å². The van der Waals surface area contributed by atoms with Gasteiger partial charge in [-0.25, -0.2) is 9.97 Å². The number of methoxy groups -OCH3 is 1. The molecule has 1 aromatic heterocycles. The van der Waals surface area contributed by atoms with E-state index in [9.17, 15) is 4.79 Å². The second-order valence-electron chi connectivity index (χ2n) is 7.23. The highest BCUT2D eigenvalue weighted by atomic mass is 16.5. The van der Waals surface area contributed by atoms with Gasteiger partial charge in [-0.15, -0.1) is 0 Å². The summed E-state index contributed by atoms with van der Waals surface area (Å²) in [5.74, 6) is 2.53. The van der Waals surface area contributed by atoms with Gasteiger partial charge in [0.2, 0.25) is 11.8 Å². The summed E-state index contributed by atoms with van der Waals surface area (Å²) in [5.41, 5.74) is 0. The first-order chi connectivity index (χ1) is 12.1.